The third kappa shape index (κ3) is 2.94. The minimum Gasteiger partial charge on any atom is -0.480 e. The van der Waals surface area contributed by atoms with Crippen LogP contribution in [-0.4, -0.2) is 47.6 Å². The monoisotopic (exact) mass is 223 g/mol. The number of aromatic nitrogens is 1. The van der Waals surface area contributed by atoms with Crippen molar-refractivity contribution in [3.8, 4) is 0 Å². The third-order valence-corrected chi connectivity index (χ3v) is 2.02. The Balaban J connectivity index is 2.71. The van der Waals surface area contributed by atoms with Gasteiger partial charge in [0.15, 0.2) is 0 Å². The number of hydrogen-bond donors (Lipinski definition) is 1. The Bertz CT molecular complexity index is 380. The summed E-state index contributed by atoms with van der Waals surface area (Å²) in [6, 6.07) is 3.03. The predicted octanol–water partition coefficient (Wildman–Crippen LogP) is 0.654. The zero-order valence-electron chi connectivity index (χ0n) is 9.12. The molecule has 0 radical (unpaired) electrons. The van der Waals surface area contributed by atoms with Crippen molar-refractivity contribution in [1.29, 1.82) is 0 Å². The number of hydrogen-bond acceptors (Lipinski definition) is 3. The van der Waals surface area contributed by atoms with Crippen molar-refractivity contribution < 1.29 is 14.7 Å². The van der Waals surface area contributed by atoms with Crippen molar-refractivity contribution in [2.45, 2.75) is 0 Å². The molecule has 0 saturated heterocycles. The second kappa shape index (κ2) is 5.11. The molecule has 0 aliphatic carbocycles. The van der Waals surface area contributed by atoms with Crippen LogP contribution in [0.1, 0.15) is 0 Å². The molecule has 6 heteroatoms. The van der Waals surface area contributed by atoms with Gasteiger partial charge in [0.1, 0.15) is 6.54 Å². The largest absolute Gasteiger partial charge is 0.480 e. The molecule has 2 amide bonds. The SMILES string of the molecule is CN(CC(=O)O)C(=O)N(C)c1cccnc1. The first kappa shape index (κ1) is 12.0. The number of carboxylic acids is 1. The van der Waals surface area contributed by atoms with Crippen molar-refractivity contribution in [1.82, 2.24) is 9.88 Å². The molecule has 1 N–H and O–H groups in total. The van der Waals surface area contributed by atoms with Crippen LogP contribution >= 0.6 is 0 Å². The molecule has 0 bridgehead atoms. The second-order valence-corrected chi connectivity index (χ2v) is 3.30. The lowest BCUT2D eigenvalue weighted by Gasteiger charge is -2.23. The lowest BCUT2D eigenvalue weighted by molar-refractivity contribution is -0.137. The van der Waals surface area contributed by atoms with E-state index in [0.717, 1.165) is 4.90 Å². The summed E-state index contributed by atoms with van der Waals surface area (Å²) in [5.74, 6) is -1.05. The number of urea groups is 1. The quantitative estimate of drug-likeness (QED) is 0.816. The number of rotatable bonds is 3. The van der Waals surface area contributed by atoms with Crippen molar-refractivity contribution in [3.63, 3.8) is 0 Å². The second-order valence-electron chi connectivity index (χ2n) is 3.30. The number of pyridine rings is 1. The zero-order valence-corrected chi connectivity index (χ0v) is 9.12. The highest BCUT2D eigenvalue weighted by Crippen LogP contribution is 2.10. The van der Waals surface area contributed by atoms with Gasteiger partial charge in [0.25, 0.3) is 0 Å². The fraction of sp³-hybridized carbons (Fsp3) is 0.300. The number of anilines is 1. The summed E-state index contributed by atoms with van der Waals surface area (Å²) in [7, 11) is 3.00. The maximum Gasteiger partial charge on any atom is 0.324 e. The summed E-state index contributed by atoms with van der Waals surface area (Å²) < 4.78 is 0. The summed E-state index contributed by atoms with van der Waals surface area (Å²) in [6.07, 6.45) is 3.13. The summed E-state index contributed by atoms with van der Waals surface area (Å²) >= 11 is 0. The van der Waals surface area contributed by atoms with E-state index in [1.807, 2.05) is 0 Å². The Labute approximate surface area is 93.1 Å². The summed E-state index contributed by atoms with van der Waals surface area (Å²) in [5, 5.41) is 8.56. The summed E-state index contributed by atoms with van der Waals surface area (Å²) in [5.41, 5.74) is 0.615. The van der Waals surface area contributed by atoms with Crippen LogP contribution in [-0.2, 0) is 4.79 Å². The number of amides is 2. The standard InChI is InChI=1S/C10H13N3O3/c1-12(7-9(14)15)10(16)13(2)8-4-3-5-11-6-8/h3-6H,7H2,1-2H3,(H,14,15). The first-order valence-corrected chi connectivity index (χ1v) is 4.63. The fourth-order valence-corrected chi connectivity index (χ4v) is 1.19. The molecule has 0 saturated carbocycles. The number of carbonyl (C=O) groups excluding carboxylic acids is 1. The van der Waals surface area contributed by atoms with E-state index in [9.17, 15) is 9.59 Å². The molecule has 6 nitrogen and oxygen atoms in total. The molecule has 16 heavy (non-hydrogen) atoms. The fourth-order valence-electron chi connectivity index (χ4n) is 1.19. The van der Waals surface area contributed by atoms with E-state index < -0.39 is 12.0 Å². The minimum atomic E-state index is -1.05. The van der Waals surface area contributed by atoms with Crippen LogP contribution in [0, 0.1) is 0 Å². The molecule has 1 aromatic heterocycles. The van der Waals surface area contributed by atoms with Crippen LogP contribution in [0.4, 0.5) is 10.5 Å². The Morgan fingerprint density at radius 1 is 1.44 bits per heavy atom. The molecule has 0 aliphatic rings. The van der Waals surface area contributed by atoms with Crippen LogP contribution in [0.25, 0.3) is 0 Å². The molecular weight excluding hydrogens is 210 g/mol. The number of likely N-dealkylation sites (N-methyl/N-ethyl adjacent to an activating group) is 1. The van der Waals surface area contributed by atoms with Crippen LogP contribution in [0.3, 0.4) is 0 Å². The Kier molecular flexibility index (Phi) is 3.82. The number of aliphatic carboxylic acids is 1. The van der Waals surface area contributed by atoms with Crippen molar-refractivity contribution in [2.24, 2.45) is 0 Å². The molecule has 0 aromatic carbocycles. The molecule has 0 unspecified atom stereocenters. The summed E-state index contributed by atoms with van der Waals surface area (Å²) in [6.45, 7) is -0.330. The van der Waals surface area contributed by atoms with Gasteiger partial charge in [-0.1, -0.05) is 0 Å². The highest BCUT2D eigenvalue weighted by atomic mass is 16.4. The third-order valence-electron chi connectivity index (χ3n) is 2.02. The molecular formula is C10H13N3O3. The van der Waals surface area contributed by atoms with Gasteiger partial charge in [-0.25, -0.2) is 4.79 Å². The molecule has 0 atom stereocenters. The van der Waals surface area contributed by atoms with E-state index in [2.05, 4.69) is 4.98 Å². The van der Waals surface area contributed by atoms with Gasteiger partial charge in [0, 0.05) is 20.3 Å². The topological polar surface area (TPSA) is 73.7 Å². The van der Waals surface area contributed by atoms with Crippen molar-refractivity contribution >= 4 is 17.7 Å². The van der Waals surface area contributed by atoms with Crippen molar-refractivity contribution in [2.75, 3.05) is 25.5 Å². The van der Waals surface area contributed by atoms with E-state index in [0.29, 0.717) is 5.69 Å². The normalized spacial score (nSPS) is 9.62. The molecule has 0 fully saturated rings. The first-order chi connectivity index (χ1) is 7.52. The first-order valence-electron chi connectivity index (χ1n) is 4.63. The molecule has 0 aliphatic heterocycles. The highest BCUT2D eigenvalue weighted by molar-refractivity contribution is 5.92. The number of nitrogens with zero attached hydrogens (tertiary/aromatic N) is 3. The lowest BCUT2D eigenvalue weighted by atomic mass is 10.4. The minimum absolute atomic E-state index is 0.330. The van der Waals surface area contributed by atoms with Gasteiger partial charge < -0.3 is 10.0 Å². The van der Waals surface area contributed by atoms with Gasteiger partial charge in [-0.15, -0.1) is 0 Å². The number of carbonyl (C=O) groups is 2. The van der Waals surface area contributed by atoms with E-state index >= 15 is 0 Å². The van der Waals surface area contributed by atoms with Gasteiger partial charge >= 0.3 is 12.0 Å². The maximum atomic E-state index is 11.7. The Hall–Kier alpha value is -2.11. The van der Waals surface area contributed by atoms with Gasteiger partial charge in [0.05, 0.1) is 11.9 Å². The predicted molar refractivity (Wildman–Crippen MR) is 58.3 cm³/mol. The molecule has 0 spiro atoms. The average molecular weight is 223 g/mol. The highest BCUT2D eigenvalue weighted by Gasteiger charge is 2.17. The summed E-state index contributed by atoms with van der Waals surface area (Å²) in [4.78, 5) is 28.5. The molecule has 86 valence electrons. The van der Waals surface area contributed by atoms with E-state index in [4.69, 9.17) is 5.11 Å². The van der Waals surface area contributed by atoms with Crippen LogP contribution in [0.15, 0.2) is 24.5 Å². The van der Waals surface area contributed by atoms with Crippen LogP contribution in [0.5, 0.6) is 0 Å². The van der Waals surface area contributed by atoms with Gasteiger partial charge in [-0.05, 0) is 12.1 Å². The van der Waals surface area contributed by atoms with Crippen molar-refractivity contribution in [3.05, 3.63) is 24.5 Å². The van der Waals surface area contributed by atoms with Crippen LogP contribution < -0.4 is 4.90 Å². The smallest absolute Gasteiger partial charge is 0.324 e. The lowest BCUT2D eigenvalue weighted by Crippen LogP contribution is -2.41. The van der Waals surface area contributed by atoms with Gasteiger partial charge in [-0.2, -0.15) is 0 Å². The maximum absolute atomic E-state index is 11.7. The number of carboxylic acid groups (broad SMARTS) is 1. The molecule has 1 aromatic rings. The molecule has 1 heterocycles. The zero-order chi connectivity index (χ0) is 12.1. The van der Waals surface area contributed by atoms with E-state index in [1.54, 1.807) is 25.4 Å². The molecule has 1 rings (SSSR count). The van der Waals surface area contributed by atoms with E-state index in [1.165, 1.54) is 18.1 Å². The van der Waals surface area contributed by atoms with Crippen LogP contribution in [0.2, 0.25) is 0 Å². The average Bonchev–Trinajstić information content (AvgIpc) is 2.27. The Morgan fingerprint density at radius 3 is 2.62 bits per heavy atom. The van der Waals surface area contributed by atoms with E-state index in [-0.39, 0.29) is 6.54 Å². The van der Waals surface area contributed by atoms with Gasteiger partial charge in [0.2, 0.25) is 0 Å². The Morgan fingerprint density at radius 2 is 2.12 bits per heavy atom. The van der Waals surface area contributed by atoms with Gasteiger partial charge in [-0.3, -0.25) is 14.7 Å².